The molecule has 0 aliphatic rings. The van der Waals surface area contributed by atoms with Gasteiger partial charge in [0.25, 0.3) is 0 Å². The fourth-order valence-electron chi connectivity index (χ4n) is 1.93. The van der Waals surface area contributed by atoms with Gasteiger partial charge in [0.15, 0.2) is 0 Å². The summed E-state index contributed by atoms with van der Waals surface area (Å²) in [6, 6.07) is 3.20. The van der Waals surface area contributed by atoms with E-state index in [1.165, 1.54) is 12.1 Å². The minimum atomic E-state index is -0.958. The van der Waals surface area contributed by atoms with E-state index in [0.717, 1.165) is 6.07 Å². The lowest BCUT2D eigenvalue weighted by molar-refractivity contribution is -0.137. The molecule has 0 bridgehead atoms. The van der Waals surface area contributed by atoms with Crippen molar-refractivity contribution in [3.8, 4) is 0 Å². The largest absolute Gasteiger partial charge is 0.481 e. The molecule has 0 aromatic heterocycles. The first-order chi connectivity index (χ1) is 7.88. The first-order valence-electron chi connectivity index (χ1n) is 5.56. The standard InChI is InChI=1S/C13H16F2O2/c1-8(2)3-9(6-13(16)17)10-4-11(14)7-12(15)5-10/h4-5,7-9H,3,6H2,1-2H3,(H,16,17). The Hall–Kier alpha value is -1.45. The van der Waals surface area contributed by atoms with Crippen LogP contribution in [0, 0.1) is 17.6 Å². The Morgan fingerprint density at radius 1 is 1.24 bits per heavy atom. The lowest BCUT2D eigenvalue weighted by Gasteiger charge is -2.17. The molecule has 0 saturated heterocycles. The first-order valence-corrected chi connectivity index (χ1v) is 5.56. The molecule has 0 amide bonds. The summed E-state index contributed by atoms with van der Waals surface area (Å²) in [4.78, 5) is 10.7. The highest BCUT2D eigenvalue weighted by Crippen LogP contribution is 2.28. The van der Waals surface area contributed by atoms with Crippen LogP contribution in [0.5, 0.6) is 0 Å². The average Bonchev–Trinajstić information content (AvgIpc) is 2.13. The Labute approximate surface area is 99.3 Å². The molecule has 0 aliphatic carbocycles. The Morgan fingerprint density at radius 3 is 2.18 bits per heavy atom. The minimum absolute atomic E-state index is 0.110. The Bertz CT molecular complexity index is 382. The maximum Gasteiger partial charge on any atom is 0.303 e. The van der Waals surface area contributed by atoms with E-state index in [-0.39, 0.29) is 18.3 Å². The second kappa shape index (κ2) is 5.75. The van der Waals surface area contributed by atoms with E-state index in [4.69, 9.17) is 5.11 Å². The molecule has 0 saturated carbocycles. The van der Waals surface area contributed by atoms with Gasteiger partial charge in [0, 0.05) is 6.07 Å². The van der Waals surface area contributed by atoms with Crippen molar-refractivity contribution in [1.82, 2.24) is 0 Å². The molecule has 0 aliphatic heterocycles. The fraction of sp³-hybridized carbons (Fsp3) is 0.462. The van der Waals surface area contributed by atoms with Crippen LogP contribution in [0.25, 0.3) is 0 Å². The van der Waals surface area contributed by atoms with Crippen LogP contribution in [-0.4, -0.2) is 11.1 Å². The van der Waals surface area contributed by atoms with Gasteiger partial charge in [-0.15, -0.1) is 0 Å². The number of hydrogen-bond acceptors (Lipinski definition) is 1. The zero-order valence-corrected chi connectivity index (χ0v) is 9.91. The topological polar surface area (TPSA) is 37.3 Å². The van der Waals surface area contributed by atoms with Crippen LogP contribution in [0.4, 0.5) is 8.78 Å². The lowest BCUT2D eigenvalue weighted by atomic mass is 9.88. The number of halogens is 2. The van der Waals surface area contributed by atoms with Crippen molar-refractivity contribution >= 4 is 5.97 Å². The lowest BCUT2D eigenvalue weighted by Crippen LogP contribution is -2.09. The predicted octanol–water partition coefficient (Wildman–Crippen LogP) is 3.57. The van der Waals surface area contributed by atoms with Gasteiger partial charge in [0.1, 0.15) is 11.6 Å². The van der Waals surface area contributed by atoms with E-state index >= 15 is 0 Å². The molecule has 0 radical (unpaired) electrons. The molecule has 2 nitrogen and oxygen atoms in total. The highest BCUT2D eigenvalue weighted by Gasteiger charge is 2.18. The Morgan fingerprint density at radius 2 is 1.76 bits per heavy atom. The van der Waals surface area contributed by atoms with E-state index in [2.05, 4.69) is 0 Å². The normalized spacial score (nSPS) is 12.8. The van der Waals surface area contributed by atoms with E-state index < -0.39 is 17.6 Å². The van der Waals surface area contributed by atoms with E-state index in [9.17, 15) is 13.6 Å². The summed E-state index contributed by atoms with van der Waals surface area (Å²) in [6.07, 6.45) is 0.482. The molecule has 1 aromatic rings. The summed E-state index contributed by atoms with van der Waals surface area (Å²) in [5.74, 6) is -2.37. The van der Waals surface area contributed by atoms with Crippen molar-refractivity contribution in [2.75, 3.05) is 0 Å². The van der Waals surface area contributed by atoms with Gasteiger partial charge in [-0.25, -0.2) is 8.78 Å². The van der Waals surface area contributed by atoms with Crippen molar-refractivity contribution in [3.63, 3.8) is 0 Å². The SMILES string of the molecule is CC(C)CC(CC(=O)O)c1cc(F)cc(F)c1. The fourth-order valence-corrected chi connectivity index (χ4v) is 1.93. The van der Waals surface area contributed by atoms with Crippen molar-refractivity contribution in [3.05, 3.63) is 35.4 Å². The zero-order valence-electron chi connectivity index (χ0n) is 9.91. The van der Waals surface area contributed by atoms with Gasteiger partial charge < -0.3 is 5.11 Å². The molecule has 94 valence electrons. The van der Waals surface area contributed by atoms with Crippen molar-refractivity contribution in [1.29, 1.82) is 0 Å². The van der Waals surface area contributed by atoms with Gasteiger partial charge in [-0.3, -0.25) is 4.79 Å². The maximum absolute atomic E-state index is 13.1. The van der Waals surface area contributed by atoms with E-state index in [1.54, 1.807) is 0 Å². The summed E-state index contributed by atoms with van der Waals surface area (Å²) in [5.41, 5.74) is 0.415. The van der Waals surface area contributed by atoms with Crippen LogP contribution >= 0.6 is 0 Å². The number of aliphatic carboxylic acids is 1. The summed E-state index contributed by atoms with van der Waals surface area (Å²) in [6.45, 7) is 3.90. The number of carbonyl (C=O) groups is 1. The summed E-state index contributed by atoms with van der Waals surface area (Å²) >= 11 is 0. The molecule has 0 spiro atoms. The van der Waals surface area contributed by atoms with Gasteiger partial charge in [-0.05, 0) is 36.0 Å². The summed E-state index contributed by atoms with van der Waals surface area (Å²) in [5, 5.41) is 8.81. The molecular formula is C13H16F2O2. The molecule has 1 aromatic carbocycles. The molecule has 1 atom stereocenters. The number of benzene rings is 1. The molecule has 1 rings (SSSR count). The van der Waals surface area contributed by atoms with Crippen LogP contribution < -0.4 is 0 Å². The molecule has 17 heavy (non-hydrogen) atoms. The number of carboxylic acid groups (broad SMARTS) is 1. The average molecular weight is 242 g/mol. The van der Waals surface area contributed by atoms with Gasteiger partial charge in [-0.2, -0.15) is 0 Å². The maximum atomic E-state index is 13.1. The quantitative estimate of drug-likeness (QED) is 0.857. The van der Waals surface area contributed by atoms with E-state index in [0.29, 0.717) is 12.0 Å². The second-order valence-electron chi connectivity index (χ2n) is 4.63. The zero-order chi connectivity index (χ0) is 13.0. The van der Waals surface area contributed by atoms with Crippen molar-refractivity contribution in [2.24, 2.45) is 5.92 Å². The third-order valence-electron chi connectivity index (χ3n) is 2.53. The van der Waals surface area contributed by atoms with Crippen LogP contribution in [0.1, 0.15) is 38.2 Å². The van der Waals surface area contributed by atoms with Crippen molar-refractivity contribution < 1.29 is 18.7 Å². The van der Waals surface area contributed by atoms with Crippen molar-refractivity contribution in [2.45, 2.75) is 32.6 Å². The van der Waals surface area contributed by atoms with Gasteiger partial charge in [0.2, 0.25) is 0 Å². The monoisotopic (exact) mass is 242 g/mol. The smallest absolute Gasteiger partial charge is 0.303 e. The molecule has 4 heteroatoms. The van der Waals surface area contributed by atoms with Gasteiger partial charge in [-0.1, -0.05) is 13.8 Å². The summed E-state index contributed by atoms with van der Waals surface area (Å²) < 4.78 is 26.2. The van der Waals surface area contributed by atoms with Gasteiger partial charge in [0.05, 0.1) is 6.42 Å². The number of rotatable bonds is 5. The van der Waals surface area contributed by atoms with Crippen LogP contribution in [-0.2, 0) is 4.79 Å². The van der Waals surface area contributed by atoms with Crippen LogP contribution in [0.2, 0.25) is 0 Å². The van der Waals surface area contributed by atoms with Crippen LogP contribution in [0.3, 0.4) is 0 Å². The van der Waals surface area contributed by atoms with E-state index in [1.807, 2.05) is 13.8 Å². The van der Waals surface area contributed by atoms with Crippen LogP contribution in [0.15, 0.2) is 18.2 Å². The molecule has 0 fully saturated rings. The second-order valence-corrected chi connectivity index (χ2v) is 4.63. The third kappa shape index (κ3) is 4.51. The number of carboxylic acids is 1. The highest BCUT2D eigenvalue weighted by atomic mass is 19.1. The Kier molecular flexibility index (Phi) is 4.61. The predicted molar refractivity (Wildman–Crippen MR) is 60.8 cm³/mol. The molecular weight excluding hydrogens is 226 g/mol. The molecule has 1 N–H and O–H groups in total. The minimum Gasteiger partial charge on any atom is -0.481 e. The summed E-state index contributed by atoms with van der Waals surface area (Å²) in [7, 11) is 0. The first kappa shape index (κ1) is 13.6. The molecule has 0 heterocycles. The van der Waals surface area contributed by atoms with Gasteiger partial charge >= 0.3 is 5.97 Å². The highest BCUT2D eigenvalue weighted by molar-refractivity contribution is 5.68. The molecule has 1 unspecified atom stereocenters. The number of hydrogen-bond donors (Lipinski definition) is 1. The Balaban J connectivity index is 2.98. The third-order valence-corrected chi connectivity index (χ3v) is 2.53.